The second kappa shape index (κ2) is 28.0. The minimum absolute atomic E-state index is 0. The first-order valence-electron chi connectivity index (χ1n) is 29.2. The third-order valence-electron chi connectivity index (χ3n) is 16.9. The fourth-order valence-corrected chi connectivity index (χ4v) is 19.3. The first kappa shape index (κ1) is 61.0. The van der Waals surface area contributed by atoms with E-state index in [0.717, 1.165) is 11.1 Å². The van der Waals surface area contributed by atoms with Crippen molar-refractivity contribution in [3.05, 3.63) is 420 Å². The van der Waals surface area contributed by atoms with E-state index in [-0.39, 0.29) is 55.6 Å². The van der Waals surface area contributed by atoms with Gasteiger partial charge in [0, 0.05) is 0 Å². The van der Waals surface area contributed by atoms with Gasteiger partial charge in [-0.1, -0.05) is 267 Å². The summed E-state index contributed by atoms with van der Waals surface area (Å²) in [6.07, 6.45) is 15.1. The summed E-state index contributed by atoms with van der Waals surface area (Å²) in [7, 11) is -2.28. The van der Waals surface area contributed by atoms with Crippen LogP contribution in [0.3, 0.4) is 0 Å². The van der Waals surface area contributed by atoms with E-state index in [1.165, 1.54) is 98.6 Å². The smallest absolute Gasteiger partial charge is 0.366 e. The zero-order valence-electron chi connectivity index (χ0n) is 48.1. The van der Waals surface area contributed by atoms with Crippen molar-refractivity contribution in [1.82, 2.24) is 0 Å². The van der Waals surface area contributed by atoms with Gasteiger partial charge in [0.25, 0.3) is 0 Å². The van der Waals surface area contributed by atoms with Crippen molar-refractivity contribution in [2.75, 3.05) is 0 Å². The van der Waals surface area contributed by atoms with Crippen LogP contribution in [0, 0.1) is 24.7 Å². The van der Waals surface area contributed by atoms with Crippen molar-refractivity contribution in [3.8, 4) is 34.1 Å². The molecule has 2 aliphatic rings. The molecule has 88 heavy (non-hydrogen) atoms. The minimum Gasteiger partial charge on any atom is -0.366 e. The molecule has 15 rings (SSSR count). The summed E-state index contributed by atoms with van der Waals surface area (Å²) in [5, 5.41) is 8.71. The predicted octanol–water partition coefficient (Wildman–Crippen LogP) is 16.6. The molecule has 0 fully saturated rings. The summed E-state index contributed by atoms with van der Waals surface area (Å²) in [4.78, 5) is 0. The van der Waals surface area contributed by atoms with Crippen LogP contribution in [0.2, 0.25) is 0 Å². The fraction of sp³-hybridized carbons (Fsp3) is 0.0238. The summed E-state index contributed by atoms with van der Waals surface area (Å²) < 4.78 is 0. The Labute approximate surface area is 553 Å². The Kier molecular flexibility index (Phi) is 19.4. The maximum Gasteiger partial charge on any atom is 1.00 e. The van der Waals surface area contributed by atoms with E-state index in [4.69, 9.17) is 12.8 Å². The third-order valence-corrected chi connectivity index (χ3v) is 22.8. The molecule has 0 aromatic heterocycles. The molecule has 426 valence electrons. The number of benzene rings is 13. The predicted molar refractivity (Wildman–Crippen MR) is 367 cm³/mol. The van der Waals surface area contributed by atoms with Gasteiger partial charge in [0.15, 0.2) is 0 Å². The molecule has 0 radical (unpaired) electrons. The minimum atomic E-state index is -1.14. The van der Waals surface area contributed by atoms with Crippen molar-refractivity contribution in [3.63, 3.8) is 0 Å². The van der Waals surface area contributed by atoms with Gasteiger partial charge in [-0.25, -0.2) is 0 Å². The monoisotopic (exact) mass is 1520 g/mol. The van der Waals surface area contributed by atoms with E-state index in [0.29, 0.717) is 0 Å². The Balaban J connectivity index is 0.000000136. The first-order chi connectivity index (χ1) is 42.6. The Morgan fingerprint density at radius 2 is 0.455 bits per heavy atom. The van der Waals surface area contributed by atoms with E-state index in [9.17, 15) is 0 Å². The SMILES string of the molecule is [Au+].[Au+].[C-]#Cc1ccc2c(c1)-c1ccccc1C2(c1ccccc1)c1ccccc1.[C-]#Cc1ccc2c(c1)-c1ccccc1C2(c1ccccc1)c1ccccc1.c1ccc([PH+](c2ccccc2)c2ccccc2[PH+](c2ccccc2)c2ccccc2)cc1. The van der Waals surface area contributed by atoms with E-state index >= 15 is 0 Å². The standard InChI is InChI=1S/C30H24P2.2C27H17.2Au/c1-5-15-25(16-6-1)31(26-17-7-2-8-18-26)29-23-13-14-24-30(29)32(27-19-9-3-10-20-27)28-21-11-4-12-22-28;2*1-2-20-17-18-26-24(19-20)23-15-9-10-16-25(23)27(26,21-11-5-3-6-12-21)22-13-7-4-8-14-22;;/h1-24H;2*3-19H;;/q;2*-1;2*+1/p+2. The molecule has 0 spiro atoms. The molecule has 0 atom stereocenters. The second-order valence-electron chi connectivity index (χ2n) is 21.6. The maximum absolute atomic E-state index is 7.57. The number of rotatable bonds is 10. The Morgan fingerprint density at radius 1 is 0.227 bits per heavy atom. The molecule has 2 aliphatic carbocycles. The van der Waals surface area contributed by atoms with Crippen molar-refractivity contribution in [2.24, 2.45) is 0 Å². The zero-order valence-corrected chi connectivity index (χ0v) is 54.4. The van der Waals surface area contributed by atoms with Gasteiger partial charge in [-0.15, -0.1) is 35.4 Å². The van der Waals surface area contributed by atoms with Crippen LogP contribution in [-0.4, -0.2) is 0 Å². The maximum atomic E-state index is 7.57. The molecule has 13 aromatic carbocycles. The molecule has 0 N–H and O–H groups in total. The van der Waals surface area contributed by atoms with Crippen molar-refractivity contribution in [1.29, 1.82) is 0 Å². The quantitative estimate of drug-likeness (QED) is 0.0554. The fourth-order valence-electron chi connectivity index (χ4n) is 13.3. The molecule has 0 heterocycles. The zero-order chi connectivity index (χ0) is 58.1. The number of hydrogen-bond acceptors (Lipinski definition) is 0. The topological polar surface area (TPSA) is 0 Å². The summed E-state index contributed by atoms with van der Waals surface area (Å²) in [5.41, 5.74) is 15.9. The van der Waals surface area contributed by atoms with Gasteiger partial charge < -0.3 is 12.8 Å². The molecule has 0 amide bonds. The van der Waals surface area contributed by atoms with Crippen molar-refractivity contribution < 1.29 is 44.8 Å². The van der Waals surface area contributed by atoms with E-state index < -0.39 is 15.8 Å². The molecule has 0 saturated carbocycles. The molecule has 0 saturated heterocycles. The van der Waals surface area contributed by atoms with Crippen LogP contribution in [-0.2, 0) is 55.6 Å². The number of hydrogen-bond donors (Lipinski definition) is 0. The Hall–Kier alpha value is -8.68. The summed E-state index contributed by atoms with van der Waals surface area (Å²) in [6.45, 7) is 0. The molecule has 0 nitrogen and oxygen atoms in total. The van der Waals surface area contributed by atoms with E-state index in [1.807, 2.05) is 12.1 Å². The van der Waals surface area contributed by atoms with Crippen LogP contribution in [0.4, 0.5) is 0 Å². The molecule has 0 bridgehead atoms. The summed E-state index contributed by atoms with van der Waals surface area (Å²) in [5.74, 6) is 5.09. The molecular weight excluding hydrogens is 1460 g/mol. The first-order valence-corrected chi connectivity index (χ1v) is 32.2. The van der Waals surface area contributed by atoms with Crippen LogP contribution >= 0.6 is 15.8 Å². The van der Waals surface area contributed by atoms with Crippen LogP contribution in [0.15, 0.2) is 352 Å². The molecule has 0 aliphatic heterocycles. The average Bonchev–Trinajstić information content (AvgIpc) is 1.55. The molecular formula is C84H60Au2P2+2. The van der Waals surface area contributed by atoms with Gasteiger partial charge in [-0.3, -0.25) is 11.8 Å². The van der Waals surface area contributed by atoms with Gasteiger partial charge in [-0.05, 0) is 127 Å². The summed E-state index contributed by atoms with van der Waals surface area (Å²) in [6, 6.07) is 126. The van der Waals surface area contributed by atoms with Crippen molar-refractivity contribution >= 4 is 47.7 Å². The van der Waals surface area contributed by atoms with Crippen LogP contribution < -0.4 is 31.8 Å². The van der Waals surface area contributed by atoms with Gasteiger partial charge >= 0.3 is 44.8 Å². The van der Waals surface area contributed by atoms with Gasteiger partial charge in [0.05, 0.1) is 10.8 Å². The average molecular weight is 1530 g/mol. The van der Waals surface area contributed by atoms with Crippen molar-refractivity contribution in [2.45, 2.75) is 10.8 Å². The normalized spacial score (nSPS) is 12.3. The van der Waals surface area contributed by atoms with Gasteiger partial charge in [0.1, 0.15) is 47.7 Å². The van der Waals surface area contributed by atoms with E-state index in [2.05, 4.69) is 352 Å². The van der Waals surface area contributed by atoms with Gasteiger partial charge in [-0.2, -0.15) is 0 Å². The molecule has 0 unspecified atom stereocenters. The third kappa shape index (κ3) is 11.5. The van der Waals surface area contributed by atoms with Gasteiger partial charge in [0.2, 0.25) is 0 Å². The van der Waals surface area contributed by atoms with Crippen LogP contribution in [0.25, 0.3) is 22.3 Å². The van der Waals surface area contributed by atoms with Crippen LogP contribution in [0.5, 0.6) is 0 Å². The van der Waals surface area contributed by atoms with E-state index in [1.54, 1.807) is 0 Å². The van der Waals surface area contributed by atoms with Crippen LogP contribution in [0.1, 0.15) is 55.6 Å². The largest absolute Gasteiger partial charge is 1.00 e. The summed E-state index contributed by atoms with van der Waals surface area (Å²) >= 11 is 0. The molecule has 4 heteroatoms. The Bertz CT molecular complexity index is 4080. The number of fused-ring (bicyclic) bond motifs is 6. The second-order valence-corrected chi connectivity index (χ2v) is 26.5. The Morgan fingerprint density at radius 3 is 0.727 bits per heavy atom. The molecule has 13 aromatic rings.